The van der Waals surface area contributed by atoms with E-state index in [2.05, 4.69) is 15.3 Å². The molecular formula is C10H15ClN4. The molecule has 15 heavy (non-hydrogen) atoms. The number of anilines is 1. The van der Waals surface area contributed by atoms with E-state index >= 15 is 0 Å². The summed E-state index contributed by atoms with van der Waals surface area (Å²) >= 11 is 5.96. The third kappa shape index (κ3) is 2.79. The molecule has 1 aromatic heterocycles. The molecule has 0 unspecified atom stereocenters. The molecule has 5 heteroatoms. The minimum absolute atomic E-state index is 0.365. The topological polar surface area (TPSA) is 63.8 Å². The Kier molecular flexibility index (Phi) is 3.38. The second-order valence-electron chi connectivity index (χ2n) is 3.98. The second-order valence-corrected chi connectivity index (χ2v) is 4.38. The summed E-state index contributed by atoms with van der Waals surface area (Å²) in [7, 11) is 0. The van der Waals surface area contributed by atoms with Gasteiger partial charge in [0.2, 0.25) is 0 Å². The van der Waals surface area contributed by atoms with Gasteiger partial charge in [0, 0.05) is 12.1 Å². The van der Waals surface area contributed by atoms with Crippen LogP contribution in [0.1, 0.15) is 25.7 Å². The lowest BCUT2D eigenvalue weighted by molar-refractivity contribution is 0.410. The summed E-state index contributed by atoms with van der Waals surface area (Å²) in [5.41, 5.74) is 5.84. The summed E-state index contributed by atoms with van der Waals surface area (Å²) in [6.07, 6.45) is 7.41. The van der Waals surface area contributed by atoms with Crippen molar-refractivity contribution >= 4 is 17.4 Å². The molecular weight excluding hydrogens is 212 g/mol. The Morgan fingerprint density at radius 2 is 2.07 bits per heavy atom. The van der Waals surface area contributed by atoms with Crippen LogP contribution < -0.4 is 11.1 Å². The van der Waals surface area contributed by atoms with E-state index in [1.807, 2.05) is 0 Å². The molecule has 1 fully saturated rings. The van der Waals surface area contributed by atoms with Gasteiger partial charge in [-0.3, -0.25) is 0 Å². The Hall–Kier alpha value is -0.870. The Labute approximate surface area is 94.2 Å². The van der Waals surface area contributed by atoms with Crippen molar-refractivity contribution in [1.29, 1.82) is 0 Å². The van der Waals surface area contributed by atoms with Crippen LogP contribution in [0.5, 0.6) is 0 Å². The number of nitrogens with one attached hydrogen (secondary N) is 1. The standard InChI is InChI=1S/C10H15ClN4/c11-9-5-13-6-14-10(9)15-8-3-1-7(12)2-4-8/h5-8H,1-4,12H2,(H,13,14,15). The fraction of sp³-hybridized carbons (Fsp3) is 0.600. The van der Waals surface area contributed by atoms with Gasteiger partial charge in [0.25, 0.3) is 0 Å². The molecule has 1 heterocycles. The molecule has 1 aromatic rings. The zero-order valence-corrected chi connectivity index (χ0v) is 9.24. The summed E-state index contributed by atoms with van der Waals surface area (Å²) in [6, 6.07) is 0.807. The minimum Gasteiger partial charge on any atom is -0.366 e. The van der Waals surface area contributed by atoms with E-state index in [0.717, 1.165) is 31.5 Å². The normalized spacial score (nSPS) is 26.3. The lowest BCUT2D eigenvalue weighted by Gasteiger charge is -2.27. The molecule has 0 atom stereocenters. The molecule has 82 valence electrons. The zero-order chi connectivity index (χ0) is 10.7. The minimum atomic E-state index is 0.365. The van der Waals surface area contributed by atoms with E-state index in [0.29, 0.717) is 17.1 Å². The number of hydrogen-bond donors (Lipinski definition) is 2. The number of rotatable bonds is 2. The number of halogens is 1. The third-order valence-electron chi connectivity index (χ3n) is 2.78. The van der Waals surface area contributed by atoms with Gasteiger partial charge in [-0.25, -0.2) is 9.97 Å². The van der Waals surface area contributed by atoms with Gasteiger partial charge in [0.15, 0.2) is 0 Å². The maximum atomic E-state index is 5.96. The van der Waals surface area contributed by atoms with Crippen molar-refractivity contribution in [2.75, 3.05) is 5.32 Å². The van der Waals surface area contributed by atoms with Crippen molar-refractivity contribution < 1.29 is 0 Å². The molecule has 0 saturated heterocycles. The largest absolute Gasteiger partial charge is 0.366 e. The van der Waals surface area contributed by atoms with E-state index in [1.54, 1.807) is 6.20 Å². The molecule has 0 radical (unpaired) electrons. The Balaban J connectivity index is 1.95. The SMILES string of the molecule is NC1CCC(Nc2ncncc2Cl)CC1. The van der Waals surface area contributed by atoms with E-state index in [9.17, 15) is 0 Å². The predicted octanol–water partition coefficient (Wildman–Crippen LogP) is 1.81. The van der Waals surface area contributed by atoms with Crippen LogP contribution in [0, 0.1) is 0 Å². The van der Waals surface area contributed by atoms with Crippen LogP contribution in [0.2, 0.25) is 5.02 Å². The molecule has 0 spiro atoms. The molecule has 0 bridgehead atoms. The summed E-state index contributed by atoms with van der Waals surface area (Å²) in [5.74, 6) is 0.729. The number of nitrogens with zero attached hydrogens (tertiary/aromatic N) is 2. The molecule has 2 rings (SSSR count). The van der Waals surface area contributed by atoms with Crippen LogP contribution in [0.3, 0.4) is 0 Å². The maximum absolute atomic E-state index is 5.96. The number of hydrogen-bond acceptors (Lipinski definition) is 4. The highest BCUT2D eigenvalue weighted by atomic mass is 35.5. The van der Waals surface area contributed by atoms with Gasteiger partial charge in [-0.2, -0.15) is 0 Å². The smallest absolute Gasteiger partial charge is 0.148 e. The van der Waals surface area contributed by atoms with E-state index < -0.39 is 0 Å². The van der Waals surface area contributed by atoms with Crippen LogP contribution >= 0.6 is 11.6 Å². The summed E-state index contributed by atoms with van der Waals surface area (Å²) in [6.45, 7) is 0. The van der Waals surface area contributed by atoms with Crippen molar-refractivity contribution in [3.05, 3.63) is 17.5 Å². The van der Waals surface area contributed by atoms with Gasteiger partial charge in [-0.15, -0.1) is 0 Å². The highest BCUT2D eigenvalue weighted by Crippen LogP contribution is 2.23. The average molecular weight is 227 g/mol. The first kappa shape index (κ1) is 10.6. The molecule has 1 aliphatic carbocycles. The molecule has 0 aliphatic heterocycles. The lowest BCUT2D eigenvalue weighted by atomic mass is 9.92. The average Bonchev–Trinajstić information content (AvgIpc) is 2.25. The first-order chi connectivity index (χ1) is 7.25. The second kappa shape index (κ2) is 4.77. The van der Waals surface area contributed by atoms with Gasteiger partial charge in [-0.1, -0.05) is 11.6 Å². The highest BCUT2D eigenvalue weighted by Gasteiger charge is 2.19. The first-order valence-corrected chi connectivity index (χ1v) is 5.61. The summed E-state index contributed by atoms with van der Waals surface area (Å²) in [5, 5.41) is 3.91. The van der Waals surface area contributed by atoms with Gasteiger partial charge < -0.3 is 11.1 Å². The number of aromatic nitrogens is 2. The van der Waals surface area contributed by atoms with Crippen LogP contribution in [0.25, 0.3) is 0 Å². The molecule has 1 saturated carbocycles. The maximum Gasteiger partial charge on any atom is 0.148 e. The highest BCUT2D eigenvalue weighted by molar-refractivity contribution is 6.32. The van der Waals surface area contributed by atoms with Gasteiger partial charge in [-0.05, 0) is 25.7 Å². The van der Waals surface area contributed by atoms with Gasteiger partial charge in [0.1, 0.15) is 17.2 Å². The fourth-order valence-corrected chi connectivity index (χ4v) is 2.04. The van der Waals surface area contributed by atoms with Crippen molar-refractivity contribution in [3.63, 3.8) is 0 Å². The van der Waals surface area contributed by atoms with E-state index in [-0.39, 0.29) is 0 Å². The van der Waals surface area contributed by atoms with Crippen molar-refractivity contribution in [1.82, 2.24) is 9.97 Å². The van der Waals surface area contributed by atoms with Gasteiger partial charge in [0.05, 0.1) is 6.20 Å². The van der Waals surface area contributed by atoms with E-state index in [1.165, 1.54) is 6.33 Å². The predicted molar refractivity (Wildman–Crippen MR) is 60.9 cm³/mol. The molecule has 4 nitrogen and oxygen atoms in total. The zero-order valence-electron chi connectivity index (χ0n) is 8.49. The monoisotopic (exact) mass is 226 g/mol. The fourth-order valence-electron chi connectivity index (χ4n) is 1.88. The van der Waals surface area contributed by atoms with Crippen molar-refractivity contribution in [2.24, 2.45) is 5.73 Å². The van der Waals surface area contributed by atoms with E-state index in [4.69, 9.17) is 17.3 Å². The van der Waals surface area contributed by atoms with Gasteiger partial charge >= 0.3 is 0 Å². The lowest BCUT2D eigenvalue weighted by Crippen LogP contribution is -2.33. The summed E-state index contributed by atoms with van der Waals surface area (Å²) in [4.78, 5) is 7.95. The Bertz CT molecular complexity index is 323. The molecule has 3 N–H and O–H groups in total. The van der Waals surface area contributed by atoms with Crippen LogP contribution in [-0.4, -0.2) is 22.1 Å². The molecule has 0 aromatic carbocycles. The molecule has 0 amide bonds. The summed E-state index contributed by atoms with van der Waals surface area (Å²) < 4.78 is 0. The Morgan fingerprint density at radius 3 is 2.73 bits per heavy atom. The quantitative estimate of drug-likeness (QED) is 0.808. The van der Waals surface area contributed by atoms with Crippen molar-refractivity contribution in [3.8, 4) is 0 Å². The van der Waals surface area contributed by atoms with Crippen LogP contribution in [-0.2, 0) is 0 Å². The van der Waals surface area contributed by atoms with Crippen molar-refractivity contribution in [2.45, 2.75) is 37.8 Å². The third-order valence-corrected chi connectivity index (χ3v) is 3.06. The Morgan fingerprint density at radius 1 is 1.33 bits per heavy atom. The van der Waals surface area contributed by atoms with Crippen LogP contribution in [0.15, 0.2) is 12.5 Å². The number of nitrogens with two attached hydrogens (primary N) is 1. The van der Waals surface area contributed by atoms with Crippen LogP contribution in [0.4, 0.5) is 5.82 Å². The first-order valence-electron chi connectivity index (χ1n) is 5.23. The molecule has 1 aliphatic rings.